The standard InChI is InChI=1S/C20H22N2O3/c1-14(19-12-16-6-4-5-7-18(16)25-19)22(2)20(23)21-13-15-8-10-17(24-3)11-9-15/h4-12,14H,13H2,1-3H3,(H,21,23). The molecule has 0 spiro atoms. The first kappa shape index (κ1) is 16.9. The van der Waals surface area contributed by atoms with Crippen molar-refractivity contribution in [3.8, 4) is 5.75 Å². The van der Waals surface area contributed by atoms with Crippen LogP contribution in [0.25, 0.3) is 11.0 Å². The molecular weight excluding hydrogens is 316 g/mol. The number of hydrogen-bond donors (Lipinski definition) is 1. The fourth-order valence-corrected chi connectivity index (χ4v) is 2.62. The van der Waals surface area contributed by atoms with Gasteiger partial charge in [0.25, 0.3) is 0 Å². The van der Waals surface area contributed by atoms with E-state index in [9.17, 15) is 4.79 Å². The lowest BCUT2D eigenvalue weighted by atomic mass is 10.2. The van der Waals surface area contributed by atoms with Crippen molar-refractivity contribution in [3.05, 3.63) is 65.9 Å². The summed E-state index contributed by atoms with van der Waals surface area (Å²) in [6.07, 6.45) is 0. The molecule has 3 aromatic rings. The molecule has 2 amide bonds. The summed E-state index contributed by atoms with van der Waals surface area (Å²) in [4.78, 5) is 14.1. The first-order chi connectivity index (χ1) is 12.1. The van der Waals surface area contributed by atoms with Crippen LogP contribution in [0.3, 0.4) is 0 Å². The average molecular weight is 338 g/mol. The summed E-state index contributed by atoms with van der Waals surface area (Å²) in [5.41, 5.74) is 1.84. The monoisotopic (exact) mass is 338 g/mol. The third kappa shape index (κ3) is 3.76. The van der Waals surface area contributed by atoms with Crippen molar-refractivity contribution in [3.63, 3.8) is 0 Å². The van der Waals surface area contributed by atoms with Crippen LogP contribution in [0, 0.1) is 0 Å². The number of rotatable bonds is 5. The zero-order valence-corrected chi connectivity index (χ0v) is 14.7. The minimum atomic E-state index is -0.164. The predicted octanol–water partition coefficient (Wildman–Crippen LogP) is 4.34. The van der Waals surface area contributed by atoms with Crippen LogP contribution in [0.1, 0.15) is 24.3 Å². The van der Waals surface area contributed by atoms with Crippen molar-refractivity contribution in [1.82, 2.24) is 10.2 Å². The van der Waals surface area contributed by atoms with E-state index < -0.39 is 0 Å². The molecule has 130 valence electrons. The Bertz CT molecular complexity index is 822. The maximum atomic E-state index is 12.4. The Morgan fingerprint density at radius 3 is 2.60 bits per heavy atom. The van der Waals surface area contributed by atoms with E-state index in [0.717, 1.165) is 28.0 Å². The molecule has 1 unspecified atom stereocenters. The molecule has 0 aliphatic carbocycles. The topological polar surface area (TPSA) is 54.7 Å². The van der Waals surface area contributed by atoms with Crippen molar-refractivity contribution in [2.45, 2.75) is 19.5 Å². The number of carbonyl (C=O) groups excluding carboxylic acids is 1. The van der Waals surface area contributed by atoms with Gasteiger partial charge in [0.05, 0.1) is 13.2 Å². The van der Waals surface area contributed by atoms with Crippen molar-refractivity contribution >= 4 is 17.0 Å². The highest BCUT2D eigenvalue weighted by molar-refractivity contribution is 5.78. The Balaban J connectivity index is 1.62. The van der Waals surface area contributed by atoms with Gasteiger partial charge in [-0.15, -0.1) is 0 Å². The Hall–Kier alpha value is -2.95. The second-order valence-corrected chi connectivity index (χ2v) is 5.98. The number of carbonyl (C=O) groups is 1. The van der Waals surface area contributed by atoms with Crippen molar-refractivity contribution in [1.29, 1.82) is 0 Å². The molecule has 1 N–H and O–H groups in total. The van der Waals surface area contributed by atoms with Gasteiger partial charge in [-0.05, 0) is 36.8 Å². The van der Waals surface area contributed by atoms with Gasteiger partial charge in [0.2, 0.25) is 0 Å². The summed E-state index contributed by atoms with van der Waals surface area (Å²) < 4.78 is 11.0. The summed E-state index contributed by atoms with van der Waals surface area (Å²) in [6, 6.07) is 17.1. The molecule has 5 nitrogen and oxygen atoms in total. The predicted molar refractivity (Wildman–Crippen MR) is 97.6 cm³/mol. The third-order valence-electron chi connectivity index (χ3n) is 4.36. The largest absolute Gasteiger partial charge is 0.497 e. The van der Waals surface area contributed by atoms with Gasteiger partial charge in [0, 0.05) is 19.0 Å². The van der Waals surface area contributed by atoms with Gasteiger partial charge in [-0.25, -0.2) is 4.79 Å². The number of nitrogens with zero attached hydrogens (tertiary/aromatic N) is 1. The summed E-state index contributed by atoms with van der Waals surface area (Å²) in [5, 5.41) is 3.96. The molecule has 0 aliphatic heterocycles. The summed E-state index contributed by atoms with van der Waals surface area (Å²) in [5.74, 6) is 1.56. The molecule has 25 heavy (non-hydrogen) atoms. The number of ether oxygens (including phenoxy) is 1. The van der Waals surface area contributed by atoms with Crippen molar-refractivity contribution in [2.24, 2.45) is 0 Å². The second kappa shape index (κ2) is 7.30. The quantitative estimate of drug-likeness (QED) is 0.753. The van der Waals surface area contributed by atoms with Gasteiger partial charge in [0.15, 0.2) is 0 Å². The van der Waals surface area contributed by atoms with Crippen LogP contribution in [0.5, 0.6) is 5.75 Å². The number of urea groups is 1. The fraction of sp³-hybridized carbons (Fsp3) is 0.250. The van der Waals surface area contributed by atoms with Gasteiger partial charge in [-0.3, -0.25) is 0 Å². The highest BCUT2D eigenvalue weighted by Gasteiger charge is 2.20. The number of amides is 2. The molecule has 0 aliphatic rings. The zero-order valence-electron chi connectivity index (χ0n) is 14.7. The van der Waals surface area contributed by atoms with Crippen LogP contribution in [0.4, 0.5) is 4.79 Å². The lowest BCUT2D eigenvalue weighted by molar-refractivity contribution is 0.187. The molecule has 3 rings (SSSR count). The highest BCUT2D eigenvalue weighted by atomic mass is 16.5. The zero-order chi connectivity index (χ0) is 17.8. The number of nitrogens with one attached hydrogen (secondary N) is 1. The molecule has 0 bridgehead atoms. The van der Waals surface area contributed by atoms with E-state index in [1.165, 1.54) is 0 Å². The normalized spacial score (nSPS) is 12.0. The number of hydrogen-bond acceptors (Lipinski definition) is 3. The van der Waals surface area contributed by atoms with Gasteiger partial charge >= 0.3 is 6.03 Å². The number of fused-ring (bicyclic) bond motifs is 1. The maximum Gasteiger partial charge on any atom is 0.318 e. The maximum absolute atomic E-state index is 12.4. The smallest absolute Gasteiger partial charge is 0.318 e. The molecular formula is C20H22N2O3. The van der Waals surface area contributed by atoms with Gasteiger partial charge in [-0.2, -0.15) is 0 Å². The van der Waals surface area contributed by atoms with E-state index in [1.807, 2.05) is 61.5 Å². The lowest BCUT2D eigenvalue weighted by Crippen LogP contribution is -2.38. The number of para-hydroxylation sites is 1. The highest BCUT2D eigenvalue weighted by Crippen LogP contribution is 2.26. The average Bonchev–Trinajstić information content (AvgIpc) is 3.09. The molecule has 0 saturated heterocycles. The first-order valence-electron chi connectivity index (χ1n) is 8.20. The van der Waals surface area contributed by atoms with E-state index in [4.69, 9.17) is 9.15 Å². The lowest BCUT2D eigenvalue weighted by Gasteiger charge is -2.23. The Kier molecular flexibility index (Phi) is 4.93. The minimum Gasteiger partial charge on any atom is -0.497 e. The Morgan fingerprint density at radius 1 is 1.20 bits per heavy atom. The van der Waals surface area contributed by atoms with Crippen LogP contribution >= 0.6 is 0 Å². The number of furan rings is 1. The minimum absolute atomic E-state index is 0.149. The first-order valence-corrected chi connectivity index (χ1v) is 8.20. The molecule has 1 heterocycles. The molecule has 1 aromatic heterocycles. The van der Waals surface area contributed by atoms with E-state index in [2.05, 4.69) is 5.32 Å². The van der Waals surface area contributed by atoms with Crippen molar-refractivity contribution in [2.75, 3.05) is 14.2 Å². The second-order valence-electron chi connectivity index (χ2n) is 5.98. The number of methoxy groups -OCH3 is 1. The Morgan fingerprint density at radius 2 is 1.92 bits per heavy atom. The van der Waals surface area contributed by atoms with E-state index >= 15 is 0 Å². The van der Waals surface area contributed by atoms with Gasteiger partial charge in [-0.1, -0.05) is 30.3 Å². The van der Waals surface area contributed by atoms with Crippen LogP contribution < -0.4 is 10.1 Å². The Labute approximate surface area is 147 Å². The summed E-state index contributed by atoms with van der Waals surface area (Å²) >= 11 is 0. The van der Waals surface area contributed by atoms with Crippen LogP contribution in [-0.2, 0) is 6.54 Å². The van der Waals surface area contributed by atoms with Crippen LogP contribution in [0.2, 0.25) is 0 Å². The molecule has 0 saturated carbocycles. The fourth-order valence-electron chi connectivity index (χ4n) is 2.62. The molecule has 5 heteroatoms. The molecule has 0 fully saturated rings. The summed E-state index contributed by atoms with van der Waals surface area (Å²) in [6.45, 7) is 2.41. The molecule has 0 radical (unpaired) electrons. The molecule has 1 atom stereocenters. The van der Waals surface area contributed by atoms with Crippen LogP contribution in [-0.4, -0.2) is 25.1 Å². The van der Waals surface area contributed by atoms with E-state index in [-0.39, 0.29) is 12.1 Å². The number of benzene rings is 2. The third-order valence-corrected chi connectivity index (χ3v) is 4.36. The van der Waals surface area contributed by atoms with E-state index in [1.54, 1.807) is 19.1 Å². The van der Waals surface area contributed by atoms with Crippen molar-refractivity contribution < 1.29 is 13.9 Å². The van der Waals surface area contributed by atoms with E-state index in [0.29, 0.717) is 6.54 Å². The van der Waals surface area contributed by atoms with Gasteiger partial charge in [0.1, 0.15) is 17.1 Å². The van der Waals surface area contributed by atoms with Gasteiger partial charge < -0.3 is 19.4 Å². The van der Waals surface area contributed by atoms with Crippen LogP contribution in [0.15, 0.2) is 59.0 Å². The SMILES string of the molecule is COc1ccc(CNC(=O)N(C)C(C)c2cc3ccccc3o2)cc1. The summed E-state index contributed by atoms with van der Waals surface area (Å²) in [7, 11) is 3.40. The molecule has 2 aromatic carbocycles.